The van der Waals surface area contributed by atoms with Crippen molar-refractivity contribution in [3.63, 3.8) is 0 Å². The highest BCUT2D eigenvalue weighted by atomic mass is 19.1. The predicted octanol–water partition coefficient (Wildman–Crippen LogP) is 2.89. The molecule has 1 unspecified atom stereocenters. The van der Waals surface area contributed by atoms with Crippen LogP contribution in [0, 0.1) is 5.82 Å². The SMILES string of the molecule is CN=C(c1cnc2[nH]cc(C(=O)NC(C)CC(C)(C)O)c2n1)c1ccc(F)cc1NC. The monoisotopic (exact) mass is 426 g/mol. The zero-order valence-electron chi connectivity index (χ0n) is 18.2. The number of halogens is 1. The normalized spacial score (nSPS) is 13.3. The molecule has 0 saturated carbocycles. The first-order chi connectivity index (χ1) is 14.6. The third-order valence-electron chi connectivity index (χ3n) is 4.78. The number of hydrogen-bond acceptors (Lipinski definition) is 6. The molecule has 3 aromatic rings. The van der Waals surface area contributed by atoms with E-state index in [0.717, 1.165) is 0 Å². The number of aliphatic imine (C=N–C) groups is 1. The maximum Gasteiger partial charge on any atom is 0.255 e. The summed E-state index contributed by atoms with van der Waals surface area (Å²) in [5.41, 5.74) is 2.52. The van der Waals surface area contributed by atoms with E-state index in [2.05, 4.69) is 30.6 Å². The van der Waals surface area contributed by atoms with Crippen LogP contribution in [0.5, 0.6) is 0 Å². The van der Waals surface area contributed by atoms with Gasteiger partial charge in [-0.25, -0.2) is 14.4 Å². The Morgan fingerprint density at radius 1 is 1.35 bits per heavy atom. The predicted molar refractivity (Wildman–Crippen MR) is 119 cm³/mol. The minimum Gasteiger partial charge on any atom is -0.390 e. The molecule has 0 fully saturated rings. The smallest absolute Gasteiger partial charge is 0.255 e. The standard InChI is InChI=1S/C22H27FN6O2/c1-12(9-22(2,3)31)28-21(30)15-10-26-20-19(15)29-17(11-27-20)18(25-5)14-7-6-13(23)8-16(14)24-4/h6-8,10-12,24,31H,9H2,1-5H3,(H,26,27)(H,28,30). The molecule has 3 rings (SSSR count). The molecule has 31 heavy (non-hydrogen) atoms. The topological polar surface area (TPSA) is 115 Å². The van der Waals surface area contributed by atoms with E-state index in [-0.39, 0.29) is 17.8 Å². The van der Waals surface area contributed by atoms with Crippen molar-refractivity contribution in [1.82, 2.24) is 20.3 Å². The number of hydrogen-bond donors (Lipinski definition) is 4. The van der Waals surface area contributed by atoms with Crippen LogP contribution >= 0.6 is 0 Å². The molecule has 164 valence electrons. The fourth-order valence-corrected chi connectivity index (χ4v) is 3.58. The Hall–Kier alpha value is -3.33. The van der Waals surface area contributed by atoms with Gasteiger partial charge < -0.3 is 20.7 Å². The molecule has 2 heterocycles. The van der Waals surface area contributed by atoms with Crippen LogP contribution in [-0.4, -0.2) is 57.4 Å². The Kier molecular flexibility index (Phi) is 6.35. The molecule has 4 N–H and O–H groups in total. The summed E-state index contributed by atoms with van der Waals surface area (Å²) in [5.74, 6) is -0.683. The van der Waals surface area contributed by atoms with E-state index >= 15 is 0 Å². The molecule has 1 amide bonds. The summed E-state index contributed by atoms with van der Waals surface area (Å²) < 4.78 is 13.6. The molecule has 0 spiro atoms. The van der Waals surface area contributed by atoms with E-state index in [9.17, 15) is 14.3 Å². The molecule has 0 aliphatic carbocycles. The summed E-state index contributed by atoms with van der Waals surface area (Å²) in [6, 6.07) is 4.12. The van der Waals surface area contributed by atoms with Gasteiger partial charge in [0, 0.05) is 37.6 Å². The van der Waals surface area contributed by atoms with Gasteiger partial charge in [-0.05, 0) is 45.4 Å². The molecule has 0 aliphatic heterocycles. The first kappa shape index (κ1) is 22.4. The molecular formula is C22H27FN6O2. The third-order valence-corrected chi connectivity index (χ3v) is 4.78. The highest BCUT2D eigenvalue weighted by molar-refractivity contribution is 6.15. The van der Waals surface area contributed by atoms with Gasteiger partial charge in [0.25, 0.3) is 5.91 Å². The first-order valence-electron chi connectivity index (χ1n) is 9.95. The molecule has 1 aromatic carbocycles. The second-order valence-corrected chi connectivity index (χ2v) is 8.06. The van der Waals surface area contributed by atoms with E-state index in [4.69, 9.17) is 0 Å². The second kappa shape index (κ2) is 8.81. The van der Waals surface area contributed by atoms with Gasteiger partial charge in [0.05, 0.1) is 23.1 Å². The first-order valence-corrected chi connectivity index (χ1v) is 9.95. The van der Waals surface area contributed by atoms with Gasteiger partial charge in [0.2, 0.25) is 0 Å². The number of benzene rings is 1. The van der Waals surface area contributed by atoms with Crippen molar-refractivity contribution in [2.75, 3.05) is 19.4 Å². The number of nitrogens with one attached hydrogen (secondary N) is 3. The summed E-state index contributed by atoms with van der Waals surface area (Å²) >= 11 is 0. The summed E-state index contributed by atoms with van der Waals surface area (Å²) in [5, 5.41) is 15.8. The molecule has 9 heteroatoms. The van der Waals surface area contributed by atoms with E-state index in [1.54, 1.807) is 46.4 Å². The van der Waals surface area contributed by atoms with Crippen LogP contribution < -0.4 is 10.6 Å². The quantitative estimate of drug-likeness (QED) is 0.434. The summed E-state index contributed by atoms with van der Waals surface area (Å²) in [7, 11) is 3.32. The van der Waals surface area contributed by atoms with Gasteiger partial charge in [-0.2, -0.15) is 0 Å². The lowest BCUT2D eigenvalue weighted by Crippen LogP contribution is -2.38. The molecule has 0 saturated heterocycles. The van der Waals surface area contributed by atoms with Crippen molar-refractivity contribution in [3.05, 3.63) is 53.2 Å². The largest absolute Gasteiger partial charge is 0.390 e. The minimum absolute atomic E-state index is 0.237. The highest BCUT2D eigenvalue weighted by Gasteiger charge is 2.22. The number of anilines is 1. The fourth-order valence-electron chi connectivity index (χ4n) is 3.58. The van der Waals surface area contributed by atoms with Gasteiger partial charge in [0.1, 0.15) is 17.0 Å². The minimum atomic E-state index is -0.896. The molecule has 1 atom stereocenters. The average Bonchev–Trinajstić information content (AvgIpc) is 3.11. The van der Waals surface area contributed by atoms with Crippen LogP contribution in [0.3, 0.4) is 0 Å². The van der Waals surface area contributed by atoms with Gasteiger partial charge >= 0.3 is 0 Å². The van der Waals surface area contributed by atoms with Crippen LogP contribution in [0.25, 0.3) is 11.2 Å². The Morgan fingerprint density at radius 2 is 2.10 bits per heavy atom. The summed E-state index contributed by atoms with van der Waals surface area (Å²) in [4.78, 5) is 29.1. The number of amides is 1. The molecular weight excluding hydrogens is 399 g/mol. The number of nitrogens with zero attached hydrogens (tertiary/aromatic N) is 3. The maximum absolute atomic E-state index is 13.6. The number of aromatic amines is 1. The number of rotatable bonds is 7. The zero-order chi connectivity index (χ0) is 22.8. The number of carbonyl (C=O) groups is 1. The second-order valence-electron chi connectivity index (χ2n) is 8.06. The Morgan fingerprint density at radius 3 is 2.74 bits per heavy atom. The summed E-state index contributed by atoms with van der Waals surface area (Å²) in [6.07, 6.45) is 3.52. The van der Waals surface area contributed by atoms with Crippen LogP contribution in [0.1, 0.15) is 48.8 Å². The van der Waals surface area contributed by atoms with E-state index < -0.39 is 5.60 Å². The van der Waals surface area contributed by atoms with Gasteiger partial charge in [-0.15, -0.1) is 0 Å². The Bertz CT molecular complexity index is 1130. The molecule has 0 aliphatic rings. The van der Waals surface area contributed by atoms with Gasteiger partial charge in [-0.1, -0.05) is 0 Å². The Balaban J connectivity index is 1.97. The van der Waals surface area contributed by atoms with Gasteiger partial charge in [0.15, 0.2) is 5.65 Å². The summed E-state index contributed by atoms with van der Waals surface area (Å²) in [6.45, 7) is 5.22. The third kappa shape index (κ3) is 5.05. The van der Waals surface area contributed by atoms with Crippen molar-refractivity contribution >= 4 is 28.5 Å². The highest BCUT2D eigenvalue weighted by Crippen LogP contribution is 2.22. The lowest BCUT2D eigenvalue weighted by atomic mass is 10.00. The van der Waals surface area contributed by atoms with Gasteiger partial charge in [-0.3, -0.25) is 9.79 Å². The average molecular weight is 426 g/mol. The number of H-pyrrole nitrogens is 1. The zero-order valence-corrected chi connectivity index (χ0v) is 18.2. The maximum atomic E-state index is 13.6. The van der Waals surface area contributed by atoms with E-state index in [0.29, 0.717) is 45.8 Å². The number of aromatic nitrogens is 3. The van der Waals surface area contributed by atoms with E-state index in [1.807, 2.05) is 6.92 Å². The van der Waals surface area contributed by atoms with Crippen LogP contribution in [-0.2, 0) is 0 Å². The van der Waals surface area contributed by atoms with Crippen LogP contribution in [0.15, 0.2) is 35.6 Å². The van der Waals surface area contributed by atoms with Crippen molar-refractivity contribution in [3.8, 4) is 0 Å². The van der Waals surface area contributed by atoms with Crippen molar-refractivity contribution in [2.45, 2.75) is 38.8 Å². The molecule has 2 aromatic heterocycles. The lowest BCUT2D eigenvalue weighted by Gasteiger charge is -2.22. The van der Waals surface area contributed by atoms with Crippen molar-refractivity contribution < 1.29 is 14.3 Å². The van der Waals surface area contributed by atoms with Crippen LogP contribution in [0.2, 0.25) is 0 Å². The fraction of sp³-hybridized carbons (Fsp3) is 0.364. The van der Waals surface area contributed by atoms with E-state index in [1.165, 1.54) is 12.1 Å². The van der Waals surface area contributed by atoms with Crippen molar-refractivity contribution in [1.29, 1.82) is 0 Å². The molecule has 8 nitrogen and oxygen atoms in total. The number of fused-ring (bicyclic) bond motifs is 1. The molecule has 0 bridgehead atoms. The van der Waals surface area contributed by atoms with Crippen molar-refractivity contribution in [2.24, 2.45) is 4.99 Å². The lowest BCUT2D eigenvalue weighted by molar-refractivity contribution is 0.0593. The number of carbonyl (C=O) groups excluding carboxylic acids is 1. The molecule has 0 radical (unpaired) electrons. The number of aliphatic hydroxyl groups is 1. The van der Waals surface area contributed by atoms with Crippen LogP contribution in [0.4, 0.5) is 10.1 Å². The Labute approximate surface area is 180 Å².